The maximum atomic E-state index is 11.3. The van der Waals surface area contributed by atoms with Crippen LogP contribution in [0.2, 0.25) is 0 Å². The first-order chi connectivity index (χ1) is 5.25. The number of amides is 2. The van der Waals surface area contributed by atoms with E-state index in [2.05, 4.69) is 0 Å². The smallest absolute Gasteiger partial charge is 0.321 e. The van der Waals surface area contributed by atoms with Gasteiger partial charge in [0.15, 0.2) is 0 Å². The fourth-order valence-electron chi connectivity index (χ4n) is 1.21. The van der Waals surface area contributed by atoms with Crippen LogP contribution in [0.25, 0.3) is 0 Å². The number of hydrogen-bond acceptors (Lipinski definition) is 2. The molecule has 0 aromatic rings. The number of rotatable bonds is 2. The zero-order valence-corrected chi connectivity index (χ0v) is 7.04. The lowest BCUT2D eigenvalue weighted by atomic mass is 10.3. The van der Waals surface area contributed by atoms with Crippen LogP contribution < -0.4 is 0 Å². The summed E-state index contributed by atoms with van der Waals surface area (Å²) in [6, 6.07) is 0.0677. The normalized spacial score (nSPS) is 19.3. The van der Waals surface area contributed by atoms with Crippen molar-refractivity contribution < 1.29 is 9.53 Å². The third kappa shape index (κ3) is 1.83. The molecule has 2 amide bonds. The Balaban J connectivity index is 2.44. The Morgan fingerprint density at radius 1 is 1.55 bits per heavy atom. The summed E-state index contributed by atoms with van der Waals surface area (Å²) in [6.07, 6.45) is 1.03. The van der Waals surface area contributed by atoms with Crippen molar-refractivity contribution in [3.05, 3.63) is 0 Å². The highest BCUT2D eigenvalue weighted by Crippen LogP contribution is 2.05. The van der Waals surface area contributed by atoms with E-state index in [4.69, 9.17) is 4.74 Å². The van der Waals surface area contributed by atoms with Gasteiger partial charge in [-0.25, -0.2) is 4.79 Å². The van der Waals surface area contributed by atoms with Crippen LogP contribution in [0, 0.1) is 0 Å². The van der Waals surface area contributed by atoms with Crippen molar-refractivity contribution in [2.24, 2.45) is 0 Å². The summed E-state index contributed by atoms with van der Waals surface area (Å²) in [5, 5.41) is 0. The van der Waals surface area contributed by atoms with Crippen LogP contribution in [0.3, 0.4) is 0 Å². The number of hydrogen-bond donors (Lipinski definition) is 0. The third-order valence-corrected chi connectivity index (χ3v) is 1.80. The molecular formula is C7H14N2O2. The molecule has 0 radical (unpaired) electrons. The maximum Gasteiger partial charge on any atom is 0.321 e. The van der Waals surface area contributed by atoms with E-state index < -0.39 is 0 Å². The summed E-state index contributed by atoms with van der Waals surface area (Å²) < 4.78 is 4.88. The zero-order valence-electron chi connectivity index (χ0n) is 7.04. The molecule has 0 aromatic heterocycles. The number of urea groups is 1. The van der Waals surface area contributed by atoms with Crippen LogP contribution in [0.1, 0.15) is 6.42 Å². The molecule has 64 valence electrons. The Morgan fingerprint density at radius 3 is 2.91 bits per heavy atom. The molecule has 0 bridgehead atoms. The minimum Gasteiger partial charge on any atom is -0.364 e. The molecule has 1 fully saturated rings. The Bertz CT molecular complexity index is 147. The lowest BCUT2D eigenvalue weighted by molar-refractivity contribution is 0.0549. The predicted octanol–water partition coefficient (Wildman–Crippen LogP) is 0.348. The average Bonchev–Trinajstić information content (AvgIpc) is 1.99. The Kier molecular flexibility index (Phi) is 2.70. The first kappa shape index (κ1) is 8.33. The minimum atomic E-state index is 0.0677. The number of carbonyl (C=O) groups excluding carboxylic acids is 1. The molecule has 11 heavy (non-hydrogen) atoms. The molecule has 0 atom stereocenters. The lowest BCUT2D eigenvalue weighted by Gasteiger charge is -2.32. The second-order valence-corrected chi connectivity index (χ2v) is 2.74. The molecule has 1 aliphatic rings. The number of ether oxygens (including phenoxy) is 1. The van der Waals surface area contributed by atoms with Gasteiger partial charge in [-0.3, -0.25) is 0 Å². The number of methoxy groups -OCH3 is 1. The highest BCUT2D eigenvalue weighted by atomic mass is 16.5. The standard InChI is InChI=1S/C7H14N2O2/c1-8-4-3-5-9(6-11-2)7(8)10/h3-6H2,1-2H3. The Morgan fingerprint density at radius 2 is 2.27 bits per heavy atom. The van der Waals surface area contributed by atoms with Crippen molar-refractivity contribution in [1.29, 1.82) is 0 Å². The van der Waals surface area contributed by atoms with E-state index in [0.29, 0.717) is 6.73 Å². The SMILES string of the molecule is COCN1CCCN(C)C1=O. The summed E-state index contributed by atoms with van der Waals surface area (Å²) in [7, 11) is 3.41. The average molecular weight is 158 g/mol. The van der Waals surface area contributed by atoms with E-state index in [1.54, 1.807) is 16.9 Å². The molecule has 0 spiro atoms. The zero-order chi connectivity index (χ0) is 8.27. The van der Waals surface area contributed by atoms with Gasteiger partial charge in [-0.1, -0.05) is 0 Å². The topological polar surface area (TPSA) is 32.8 Å². The quantitative estimate of drug-likeness (QED) is 0.581. The molecule has 0 unspecified atom stereocenters. The molecule has 4 nitrogen and oxygen atoms in total. The van der Waals surface area contributed by atoms with Gasteiger partial charge in [0, 0.05) is 27.2 Å². The Hall–Kier alpha value is -0.770. The summed E-state index contributed by atoms with van der Waals surface area (Å²) >= 11 is 0. The number of carbonyl (C=O) groups is 1. The summed E-state index contributed by atoms with van der Waals surface area (Å²) in [6.45, 7) is 2.08. The fourth-order valence-corrected chi connectivity index (χ4v) is 1.21. The van der Waals surface area contributed by atoms with Gasteiger partial charge in [-0.2, -0.15) is 0 Å². The summed E-state index contributed by atoms with van der Waals surface area (Å²) in [4.78, 5) is 14.7. The Labute approximate surface area is 66.7 Å². The molecule has 0 N–H and O–H groups in total. The van der Waals surface area contributed by atoms with E-state index >= 15 is 0 Å². The van der Waals surface area contributed by atoms with Crippen molar-refractivity contribution in [3.8, 4) is 0 Å². The molecule has 0 aliphatic carbocycles. The van der Waals surface area contributed by atoms with E-state index in [0.717, 1.165) is 19.5 Å². The van der Waals surface area contributed by atoms with Gasteiger partial charge in [0.05, 0.1) is 0 Å². The third-order valence-electron chi connectivity index (χ3n) is 1.80. The minimum absolute atomic E-state index is 0.0677. The molecule has 1 heterocycles. The van der Waals surface area contributed by atoms with E-state index in [-0.39, 0.29) is 6.03 Å². The van der Waals surface area contributed by atoms with Crippen LogP contribution in [-0.2, 0) is 4.74 Å². The van der Waals surface area contributed by atoms with Gasteiger partial charge >= 0.3 is 6.03 Å². The van der Waals surface area contributed by atoms with Crippen LogP contribution in [0.5, 0.6) is 0 Å². The van der Waals surface area contributed by atoms with E-state index in [1.807, 2.05) is 7.05 Å². The second-order valence-electron chi connectivity index (χ2n) is 2.74. The van der Waals surface area contributed by atoms with Gasteiger partial charge in [-0.05, 0) is 6.42 Å². The molecular weight excluding hydrogens is 144 g/mol. The summed E-state index contributed by atoms with van der Waals surface area (Å²) in [5.74, 6) is 0. The molecule has 0 saturated carbocycles. The van der Waals surface area contributed by atoms with E-state index in [1.165, 1.54) is 0 Å². The highest BCUT2D eigenvalue weighted by Gasteiger charge is 2.21. The fraction of sp³-hybridized carbons (Fsp3) is 0.857. The van der Waals surface area contributed by atoms with Crippen LogP contribution >= 0.6 is 0 Å². The van der Waals surface area contributed by atoms with Gasteiger partial charge in [0.2, 0.25) is 0 Å². The van der Waals surface area contributed by atoms with Gasteiger partial charge in [-0.15, -0.1) is 0 Å². The first-order valence-corrected chi connectivity index (χ1v) is 3.74. The number of nitrogens with zero attached hydrogens (tertiary/aromatic N) is 2. The summed E-state index contributed by atoms with van der Waals surface area (Å²) in [5.41, 5.74) is 0. The van der Waals surface area contributed by atoms with E-state index in [9.17, 15) is 4.79 Å². The lowest BCUT2D eigenvalue weighted by Crippen LogP contribution is -2.47. The largest absolute Gasteiger partial charge is 0.364 e. The van der Waals surface area contributed by atoms with Gasteiger partial charge in [0.25, 0.3) is 0 Å². The van der Waals surface area contributed by atoms with Crippen molar-refractivity contribution in [2.75, 3.05) is 34.0 Å². The van der Waals surface area contributed by atoms with Crippen LogP contribution in [-0.4, -0.2) is 49.8 Å². The molecule has 4 heteroatoms. The highest BCUT2D eigenvalue weighted by molar-refractivity contribution is 5.74. The van der Waals surface area contributed by atoms with Gasteiger partial charge < -0.3 is 14.5 Å². The maximum absolute atomic E-state index is 11.3. The van der Waals surface area contributed by atoms with Crippen molar-refractivity contribution in [1.82, 2.24) is 9.80 Å². The molecule has 1 saturated heterocycles. The van der Waals surface area contributed by atoms with Crippen molar-refractivity contribution in [3.63, 3.8) is 0 Å². The van der Waals surface area contributed by atoms with Crippen LogP contribution in [0.4, 0.5) is 4.79 Å². The first-order valence-electron chi connectivity index (χ1n) is 3.74. The monoisotopic (exact) mass is 158 g/mol. The van der Waals surface area contributed by atoms with Crippen molar-refractivity contribution in [2.45, 2.75) is 6.42 Å². The molecule has 1 rings (SSSR count). The molecule has 0 aromatic carbocycles. The van der Waals surface area contributed by atoms with Crippen LogP contribution in [0.15, 0.2) is 0 Å². The van der Waals surface area contributed by atoms with Crippen molar-refractivity contribution >= 4 is 6.03 Å². The van der Waals surface area contributed by atoms with Gasteiger partial charge in [0.1, 0.15) is 6.73 Å². The second kappa shape index (κ2) is 3.57. The molecule has 1 aliphatic heterocycles. The predicted molar refractivity (Wildman–Crippen MR) is 41.2 cm³/mol.